The SMILES string of the molecule is COC(CN)CC(=O)N(Cc1ccccc1F)c1ccc(F)cc1. The van der Waals surface area contributed by atoms with Crippen LogP contribution < -0.4 is 10.6 Å². The van der Waals surface area contributed by atoms with Gasteiger partial charge in [0.2, 0.25) is 5.91 Å². The highest BCUT2D eigenvalue weighted by Gasteiger charge is 2.21. The highest BCUT2D eigenvalue weighted by molar-refractivity contribution is 5.93. The van der Waals surface area contributed by atoms with Crippen LogP contribution in [-0.4, -0.2) is 25.7 Å². The first kappa shape index (κ1) is 18.0. The molecule has 0 spiro atoms. The average molecular weight is 334 g/mol. The number of methoxy groups -OCH3 is 1. The van der Waals surface area contributed by atoms with Crippen LogP contribution in [0.2, 0.25) is 0 Å². The molecular formula is C18H20F2N2O2. The molecule has 2 N–H and O–H groups in total. The molecule has 1 atom stereocenters. The number of hydrogen-bond donors (Lipinski definition) is 1. The smallest absolute Gasteiger partial charge is 0.229 e. The van der Waals surface area contributed by atoms with Gasteiger partial charge in [-0.15, -0.1) is 0 Å². The predicted molar refractivity (Wildman–Crippen MR) is 88.5 cm³/mol. The number of carbonyl (C=O) groups excluding carboxylic acids is 1. The minimum atomic E-state index is -0.430. The lowest BCUT2D eigenvalue weighted by Crippen LogP contribution is -2.36. The van der Waals surface area contributed by atoms with E-state index in [0.29, 0.717) is 11.3 Å². The number of ether oxygens (including phenoxy) is 1. The van der Waals surface area contributed by atoms with Gasteiger partial charge >= 0.3 is 0 Å². The van der Waals surface area contributed by atoms with E-state index in [2.05, 4.69) is 0 Å². The Kier molecular flexibility index (Phi) is 6.40. The maximum absolute atomic E-state index is 13.9. The van der Waals surface area contributed by atoms with Gasteiger partial charge in [0.05, 0.1) is 19.1 Å². The fourth-order valence-corrected chi connectivity index (χ4v) is 2.31. The van der Waals surface area contributed by atoms with Crippen molar-refractivity contribution in [3.8, 4) is 0 Å². The number of nitrogens with two attached hydrogens (primary N) is 1. The van der Waals surface area contributed by atoms with Crippen LogP contribution in [0, 0.1) is 11.6 Å². The van der Waals surface area contributed by atoms with Gasteiger partial charge in [-0.2, -0.15) is 0 Å². The van der Waals surface area contributed by atoms with E-state index in [0.717, 1.165) is 0 Å². The first-order chi connectivity index (χ1) is 11.5. The van der Waals surface area contributed by atoms with Gasteiger partial charge in [0, 0.05) is 24.9 Å². The second-order valence-electron chi connectivity index (χ2n) is 5.35. The van der Waals surface area contributed by atoms with Crippen molar-refractivity contribution < 1.29 is 18.3 Å². The summed E-state index contributed by atoms with van der Waals surface area (Å²) in [6.45, 7) is 0.233. The highest BCUT2D eigenvalue weighted by Crippen LogP contribution is 2.21. The predicted octanol–water partition coefficient (Wildman–Crippen LogP) is 2.86. The van der Waals surface area contributed by atoms with Crippen molar-refractivity contribution in [2.24, 2.45) is 5.73 Å². The van der Waals surface area contributed by atoms with Crippen molar-refractivity contribution in [2.45, 2.75) is 19.1 Å². The summed E-state index contributed by atoms with van der Waals surface area (Å²) in [5, 5.41) is 0. The van der Waals surface area contributed by atoms with Crippen molar-refractivity contribution in [3.63, 3.8) is 0 Å². The zero-order valence-electron chi connectivity index (χ0n) is 13.4. The molecule has 128 valence electrons. The van der Waals surface area contributed by atoms with Gasteiger partial charge in [0.25, 0.3) is 0 Å². The fourth-order valence-electron chi connectivity index (χ4n) is 2.31. The number of anilines is 1. The summed E-state index contributed by atoms with van der Waals surface area (Å²) in [5.74, 6) is -1.09. The van der Waals surface area contributed by atoms with Gasteiger partial charge in [0.15, 0.2) is 0 Å². The summed E-state index contributed by atoms with van der Waals surface area (Å²) in [6, 6.07) is 11.7. The Hall–Kier alpha value is -2.31. The molecule has 4 nitrogen and oxygen atoms in total. The first-order valence-electron chi connectivity index (χ1n) is 7.57. The van der Waals surface area contributed by atoms with Gasteiger partial charge in [-0.05, 0) is 30.3 Å². The highest BCUT2D eigenvalue weighted by atomic mass is 19.1. The molecule has 2 aromatic rings. The monoisotopic (exact) mass is 334 g/mol. The molecule has 0 saturated heterocycles. The topological polar surface area (TPSA) is 55.6 Å². The summed E-state index contributed by atoms with van der Waals surface area (Å²) in [5.41, 5.74) is 6.42. The summed E-state index contributed by atoms with van der Waals surface area (Å²) < 4.78 is 32.2. The molecule has 0 aliphatic carbocycles. The number of amides is 1. The van der Waals surface area contributed by atoms with E-state index in [1.54, 1.807) is 18.2 Å². The van der Waals surface area contributed by atoms with Crippen LogP contribution in [0.25, 0.3) is 0 Å². The van der Waals surface area contributed by atoms with E-state index in [1.807, 2.05) is 0 Å². The largest absolute Gasteiger partial charge is 0.380 e. The number of hydrogen-bond acceptors (Lipinski definition) is 3. The van der Waals surface area contributed by atoms with Crippen LogP contribution >= 0.6 is 0 Å². The molecule has 0 heterocycles. The molecule has 0 saturated carbocycles. The zero-order valence-corrected chi connectivity index (χ0v) is 13.4. The van der Waals surface area contributed by atoms with Crippen molar-refractivity contribution in [2.75, 3.05) is 18.6 Å². The van der Waals surface area contributed by atoms with Gasteiger partial charge in [-0.25, -0.2) is 8.78 Å². The quantitative estimate of drug-likeness (QED) is 0.847. The Morgan fingerprint density at radius 1 is 1.17 bits per heavy atom. The van der Waals surface area contributed by atoms with E-state index in [1.165, 1.54) is 42.3 Å². The number of nitrogens with zero attached hydrogens (tertiary/aromatic N) is 1. The molecule has 2 rings (SSSR count). The standard InChI is InChI=1S/C18H20F2N2O2/c1-24-16(11-21)10-18(23)22(15-8-6-14(19)7-9-15)12-13-4-2-3-5-17(13)20/h2-9,16H,10-12,21H2,1H3. The Morgan fingerprint density at radius 2 is 1.83 bits per heavy atom. The molecular weight excluding hydrogens is 314 g/mol. The number of benzene rings is 2. The summed E-state index contributed by atoms with van der Waals surface area (Å²) in [7, 11) is 1.48. The lowest BCUT2D eigenvalue weighted by atomic mass is 10.1. The third-order valence-electron chi connectivity index (χ3n) is 3.72. The van der Waals surface area contributed by atoms with Gasteiger partial charge in [-0.3, -0.25) is 4.79 Å². The Bertz CT molecular complexity index is 673. The molecule has 6 heteroatoms. The summed E-state index contributed by atoms with van der Waals surface area (Å²) in [4.78, 5) is 14.0. The van der Waals surface area contributed by atoms with Crippen LogP contribution in [0.1, 0.15) is 12.0 Å². The van der Waals surface area contributed by atoms with Crippen LogP contribution in [0.4, 0.5) is 14.5 Å². The average Bonchev–Trinajstić information content (AvgIpc) is 2.59. The zero-order chi connectivity index (χ0) is 17.5. The molecule has 0 aliphatic heterocycles. The first-order valence-corrected chi connectivity index (χ1v) is 7.57. The van der Waals surface area contributed by atoms with E-state index < -0.39 is 17.7 Å². The molecule has 0 aromatic heterocycles. The third kappa shape index (κ3) is 4.59. The summed E-state index contributed by atoms with van der Waals surface area (Å²) in [6.07, 6.45) is -0.375. The van der Waals surface area contributed by atoms with Crippen molar-refractivity contribution >= 4 is 11.6 Å². The van der Waals surface area contributed by atoms with E-state index in [4.69, 9.17) is 10.5 Å². The van der Waals surface area contributed by atoms with Crippen LogP contribution in [0.5, 0.6) is 0 Å². The number of halogens is 2. The van der Waals surface area contributed by atoms with E-state index in [9.17, 15) is 13.6 Å². The molecule has 0 fully saturated rings. The third-order valence-corrected chi connectivity index (χ3v) is 3.72. The number of rotatable bonds is 7. The molecule has 1 amide bonds. The van der Waals surface area contributed by atoms with E-state index in [-0.39, 0.29) is 25.4 Å². The normalized spacial score (nSPS) is 12.0. The van der Waals surface area contributed by atoms with Crippen LogP contribution in [0.15, 0.2) is 48.5 Å². The second kappa shape index (κ2) is 8.52. The fraction of sp³-hybridized carbons (Fsp3) is 0.278. The molecule has 0 aliphatic rings. The van der Waals surface area contributed by atoms with Crippen molar-refractivity contribution in [3.05, 3.63) is 65.7 Å². The van der Waals surface area contributed by atoms with Crippen LogP contribution in [-0.2, 0) is 16.1 Å². The second-order valence-corrected chi connectivity index (χ2v) is 5.35. The Morgan fingerprint density at radius 3 is 2.42 bits per heavy atom. The molecule has 1 unspecified atom stereocenters. The minimum absolute atomic E-state index is 0.0398. The Labute approximate surface area is 139 Å². The maximum Gasteiger partial charge on any atom is 0.229 e. The number of carbonyl (C=O) groups is 1. The maximum atomic E-state index is 13.9. The lowest BCUT2D eigenvalue weighted by Gasteiger charge is -2.25. The van der Waals surface area contributed by atoms with Crippen molar-refractivity contribution in [1.29, 1.82) is 0 Å². The summed E-state index contributed by atoms with van der Waals surface area (Å²) >= 11 is 0. The molecule has 0 radical (unpaired) electrons. The van der Waals surface area contributed by atoms with Gasteiger partial charge < -0.3 is 15.4 Å². The Balaban J connectivity index is 2.29. The van der Waals surface area contributed by atoms with Crippen molar-refractivity contribution in [1.82, 2.24) is 0 Å². The minimum Gasteiger partial charge on any atom is -0.380 e. The lowest BCUT2D eigenvalue weighted by molar-refractivity contribution is -0.121. The molecule has 2 aromatic carbocycles. The molecule has 24 heavy (non-hydrogen) atoms. The van der Waals surface area contributed by atoms with Gasteiger partial charge in [-0.1, -0.05) is 18.2 Å². The molecule has 0 bridgehead atoms. The van der Waals surface area contributed by atoms with Gasteiger partial charge in [0.1, 0.15) is 11.6 Å². The van der Waals surface area contributed by atoms with E-state index >= 15 is 0 Å². The van der Waals surface area contributed by atoms with Crippen LogP contribution in [0.3, 0.4) is 0 Å².